The maximum Gasteiger partial charge on any atom is 0.0389 e. The van der Waals surface area contributed by atoms with E-state index in [0.717, 1.165) is 12.8 Å². The molecule has 0 amide bonds. The minimum Gasteiger partial charge on any atom is -0.323 e. The highest BCUT2D eigenvalue weighted by Crippen LogP contribution is 2.35. The Labute approximate surface area is 128 Å². The predicted molar refractivity (Wildman–Crippen MR) is 88.8 cm³/mol. The third kappa shape index (κ3) is 3.28. The van der Waals surface area contributed by atoms with E-state index in [2.05, 4.69) is 61.0 Å². The van der Waals surface area contributed by atoms with Crippen LogP contribution in [0.1, 0.15) is 41.8 Å². The minimum absolute atomic E-state index is 0.182. The fraction of sp³-hybridized carbons (Fsp3) is 0.375. The van der Waals surface area contributed by atoms with Crippen molar-refractivity contribution in [1.82, 2.24) is 0 Å². The summed E-state index contributed by atoms with van der Waals surface area (Å²) >= 11 is 5.44. The largest absolute Gasteiger partial charge is 0.323 e. The van der Waals surface area contributed by atoms with Crippen LogP contribution in [0.3, 0.4) is 0 Å². The normalized spacial score (nSPS) is 12.7. The van der Waals surface area contributed by atoms with Gasteiger partial charge >= 0.3 is 0 Å². The molecule has 1 aromatic carbocycles. The van der Waals surface area contributed by atoms with E-state index in [0.29, 0.717) is 0 Å². The number of halogens is 1. The van der Waals surface area contributed by atoms with Crippen molar-refractivity contribution in [2.45, 2.75) is 39.7 Å². The maximum absolute atomic E-state index is 6.18. The van der Waals surface area contributed by atoms with Gasteiger partial charge in [0.25, 0.3) is 0 Å². The Balaban J connectivity index is 2.33. The molecule has 0 spiro atoms. The van der Waals surface area contributed by atoms with Crippen LogP contribution in [-0.4, -0.2) is 0 Å². The van der Waals surface area contributed by atoms with Crippen molar-refractivity contribution in [3.8, 4) is 10.4 Å². The van der Waals surface area contributed by atoms with E-state index in [1.54, 1.807) is 0 Å². The number of nitrogens with two attached hydrogens (primary N) is 1. The van der Waals surface area contributed by atoms with E-state index in [1.165, 1.54) is 30.9 Å². The van der Waals surface area contributed by atoms with Gasteiger partial charge in [0.15, 0.2) is 0 Å². The molecular formula is C16H20BrNS. The number of rotatable bonds is 4. The van der Waals surface area contributed by atoms with Crippen molar-refractivity contribution in [2.24, 2.45) is 5.73 Å². The van der Waals surface area contributed by atoms with Gasteiger partial charge in [-0.25, -0.2) is 0 Å². The van der Waals surface area contributed by atoms with Gasteiger partial charge in [-0.2, -0.15) is 0 Å². The first kappa shape index (κ1) is 14.8. The van der Waals surface area contributed by atoms with E-state index in [1.807, 2.05) is 11.3 Å². The van der Waals surface area contributed by atoms with Crippen molar-refractivity contribution < 1.29 is 0 Å². The summed E-state index contributed by atoms with van der Waals surface area (Å²) in [6.07, 6.45) is 2.18. The highest BCUT2D eigenvalue weighted by atomic mass is 79.9. The first-order chi connectivity index (χ1) is 9.02. The monoisotopic (exact) mass is 337 g/mol. The van der Waals surface area contributed by atoms with Crippen LogP contribution >= 0.6 is 27.3 Å². The average molecular weight is 338 g/mol. The van der Waals surface area contributed by atoms with Gasteiger partial charge in [0.05, 0.1) is 0 Å². The molecule has 0 bridgehead atoms. The Bertz CT molecular complexity index is 551. The van der Waals surface area contributed by atoms with Gasteiger partial charge in [0.1, 0.15) is 0 Å². The van der Waals surface area contributed by atoms with Crippen LogP contribution in [0.2, 0.25) is 0 Å². The number of aryl methyl sites for hydroxylation is 2. The van der Waals surface area contributed by atoms with E-state index >= 15 is 0 Å². The van der Waals surface area contributed by atoms with Crippen molar-refractivity contribution in [1.29, 1.82) is 0 Å². The molecular weight excluding hydrogens is 318 g/mol. The zero-order valence-electron chi connectivity index (χ0n) is 11.7. The molecule has 0 aliphatic carbocycles. The summed E-state index contributed by atoms with van der Waals surface area (Å²) in [5.74, 6) is 0. The van der Waals surface area contributed by atoms with Gasteiger partial charge in [-0.1, -0.05) is 29.3 Å². The minimum atomic E-state index is 0.182. The second-order valence-corrected chi connectivity index (χ2v) is 6.93. The average Bonchev–Trinajstić information content (AvgIpc) is 2.85. The molecule has 2 aromatic rings. The topological polar surface area (TPSA) is 26.0 Å². The van der Waals surface area contributed by atoms with Gasteiger partial charge < -0.3 is 5.73 Å². The van der Waals surface area contributed by atoms with Gasteiger partial charge in [0, 0.05) is 20.3 Å². The quantitative estimate of drug-likeness (QED) is 0.772. The second-order valence-electron chi connectivity index (χ2n) is 5.02. The standard InChI is InChI=1S/C16H20BrNS/c1-4-5-13(18)15-7-6-14(19-15)12-8-10(2)16(17)11(3)9-12/h6-9,13H,4-5,18H2,1-3H3. The molecule has 1 aromatic heterocycles. The first-order valence-electron chi connectivity index (χ1n) is 6.65. The van der Waals surface area contributed by atoms with Crippen LogP contribution in [0.4, 0.5) is 0 Å². The van der Waals surface area contributed by atoms with Crippen LogP contribution in [-0.2, 0) is 0 Å². The van der Waals surface area contributed by atoms with E-state index in [9.17, 15) is 0 Å². The molecule has 1 atom stereocenters. The summed E-state index contributed by atoms with van der Waals surface area (Å²) < 4.78 is 1.20. The molecule has 3 heteroatoms. The Morgan fingerprint density at radius 3 is 2.42 bits per heavy atom. The molecule has 0 fully saturated rings. The Hall–Kier alpha value is -0.640. The Kier molecular flexibility index (Phi) is 4.82. The third-order valence-electron chi connectivity index (χ3n) is 3.31. The molecule has 0 aliphatic rings. The lowest BCUT2D eigenvalue weighted by Crippen LogP contribution is -2.07. The molecule has 19 heavy (non-hydrogen) atoms. The van der Waals surface area contributed by atoms with E-state index in [4.69, 9.17) is 5.73 Å². The number of hydrogen-bond donors (Lipinski definition) is 1. The number of hydrogen-bond acceptors (Lipinski definition) is 2. The molecule has 1 unspecified atom stereocenters. The van der Waals surface area contributed by atoms with Gasteiger partial charge in [-0.05, 0) is 61.2 Å². The number of thiophene rings is 1. The smallest absolute Gasteiger partial charge is 0.0389 e. The van der Waals surface area contributed by atoms with E-state index in [-0.39, 0.29) is 6.04 Å². The summed E-state index contributed by atoms with van der Waals surface area (Å²) in [6, 6.07) is 9.02. The molecule has 2 N–H and O–H groups in total. The summed E-state index contributed by atoms with van der Waals surface area (Å²) in [4.78, 5) is 2.59. The third-order valence-corrected chi connectivity index (χ3v) is 5.83. The summed E-state index contributed by atoms with van der Waals surface area (Å²) in [6.45, 7) is 6.45. The Morgan fingerprint density at radius 2 is 1.84 bits per heavy atom. The fourth-order valence-electron chi connectivity index (χ4n) is 2.25. The fourth-order valence-corrected chi connectivity index (χ4v) is 3.51. The molecule has 0 aliphatic heterocycles. The van der Waals surface area contributed by atoms with Crippen molar-refractivity contribution >= 4 is 27.3 Å². The zero-order chi connectivity index (χ0) is 14.0. The van der Waals surface area contributed by atoms with Crippen LogP contribution in [0, 0.1) is 13.8 Å². The van der Waals surface area contributed by atoms with Crippen LogP contribution in [0.15, 0.2) is 28.7 Å². The zero-order valence-corrected chi connectivity index (χ0v) is 14.1. The van der Waals surface area contributed by atoms with E-state index < -0.39 is 0 Å². The lowest BCUT2D eigenvalue weighted by atomic mass is 10.1. The van der Waals surface area contributed by atoms with Crippen LogP contribution in [0.5, 0.6) is 0 Å². The molecule has 1 heterocycles. The van der Waals surface area contributed by atoms with Crippen molar-refractivity contribution in [3.05, 3.63) is 44.7 Å². The summed E-state index contributed by atoms with van der Waals surface area (Å²) in [7, 11) is 0. The van der Waals surface area contributed by atoms with Gasteiger partial charge in [-0.3, -0.25) is 0 Å². The van der Waals surface area contributed by atoms with Gasteiger partial charge in [-0.15, -0.1) is 11.3 Å². The van der Waals surface area contributed by atoms with Crippen molar-refractivity contribution in [3.63, 3.8) is 0 Å². The van der Waals surface area contributed by atoms with Crippen molar-refractivity contribution in [2.75, 3.05) is 0 Å². The predicted octanol–water partition coefficient (Wildman–Crippen LogP) is 5.59. The Morgan fingerprint density at radius 1 is 1.21 bits per heavy atom. The molecule has 102 valence electrons. The molecule has 0 radical (unpaired) electrons. The lowest BCUT2D eigenvalue weighted by Gasteiger charge is -2.08. The van der Waals surface area contributed by atoms with Crippen LogP contribution < -0.4 is 5.73 Å². The first-order valence-corrected chi connectivity index (χ1v) is 8.26. The molecule has 0 saturated carbocycles. The lowest BCUT2D eigenvalue weighted by molar-refractivity contribution is 0.648. The highest BCUT2D eigenvalue weighted by Gasteiger charge is 2.11. The molecule has 2 rings (SSSR count). The van der Waals surface area contributed by atoms with Gasteiger partial charge in [0.2, 0.25) is 0 Å². The molecule has 1 nitrogen and oxygen atoms in total. The number of benzene rings is 1. The van der Waals surface area contributed by atoms with Crippen LogP contribution in [0.25, 0.3) is 10.4 Å². The summed E-state index contributed by atoms with van der Waals surface area (Å²) in [5, 5.41) is 0. The SMILES string of the molecule is CCCC(N)c1ccc(-c2cc(C)c(Br)c(C)c2)s1. The second kappa shape index (κ2) is 6.21. The highest BCUT2D eigenvalue weighted by molar-refractivity contribution is 9.10. The summed E-state index contributed by atoms with van der Waals surface area (Å²) in [5.41, 5.74) is 10.0. The molecule has 0 saturated heterocycles. The maximum atomic E-state index is 6.18.